The minimum Gasteiger partial charge on any atom is -0.496 e. The third-order valence-corrected chi connectivity index (χ3v) is 5.26. The van der Waals surface area contributed by atoms with Crippen LogP contribution in [-0.4, -0.2) is 43.6 Å². The second-order valence-corrected chi connectivity index (χ2v) is 6.67. The fraction of sp³-hybridized carbons (Fsp3) is 0.667. The van der Waals surface area contributed by atoms with Gasteiger partial charge in [0.25, 0.3) is 0 Å². The molecule has 2 N–H and O–H groups in total. The number of nitrogens with one attached hydrogen (secondary N) is 1. The van der Waals surface area contributed by atoms with E-state index in [1.165, 1.54) is 12.1 Å². The average Bonchev–Trinajstić information content (AvgIpc) is 3.11. The van der Waals surface area contributed by atoms with Crippen LogP contribution < -0.4 is 10.1 Å². The first-order valence-corrected chi connectivity index (χ1v) is 8.50. The summed E-state index contributed by atoms with van der Waals surface area (Å²) in [4.78, 5) is 0. The number of morpholine rings is 1. The SMILES string of the molecule is COc1ccc(F)cc1CC(O)(C1CCCC1)C1CNCCO1.Cl. The Kier molecular flexibility index (Phi) is 6.87. The number of halogens is 2. The summed E-state index contributed by atoms with van der Waals surface area (Å²) < 4.78 is 24.9. The Morgan fingerprint density at radius 1 is 1.38 bits per heavy atom. The highest BCUT2D eigenvalue weighted by Gasteiger charge is 2.46. The summed E-state index contributed by atoms with van der Waals surface area (Å²) in [5.41, 5.74) is -0.290. The van der Waals surface area contributed by atoms with Gasteiger partial charge in [-0.25, -0.2) is 4.39 Å². The van der Waals surface area contributed by atoms with Crippen molar-refractivity contribution >= 4 is 12.4 Å². The third kappa shape index (κ3) is 4.02. The summed E-state index contributed by atoms with van der Waals surface area (Å²) in [5, 5.41) is 14.9. The number of methoxy groups -OCH3 is 1. The average molecular weight is 360 g/mol. The summed E-state index contributed by atoms with van der Waals surface area (Å²) in [7, 11) is 1.57. The molecule has 3 rings (SSSR count). The maximum Gasteiger partial charge on any atom is 0.123 e. The van der Waals surface area contributed by atoms with Crippen LogP contribution >= 0.6 is 12.4 Å². The van der Waals surface area contributed by atoms with Crippen molar-refractivity contribution in [2.75, 3.05) is 26.8 Å². The maximum atomic E-state index is 13.7. The van der Waals surface area contributed by atoms with Crippen molar-refractivity contribution in [2.24, 2.45) is 5.92 Å². The number of hydrogen-bond donors (Lipinski definition) is 2. The van der Waals surface area contributed by atoms with Gasteiger partial charge in [-0.15, -0.1) is 12.4 Å². The lowest BCUT2D eigenvalue weighted by Gasteiger charge is -2.43. The van der Waals surface area contributed by atoms with E-state index >= 15 is 0 Å². The van der Waals surface area contributed by atoms with E-state index in [2.05, 4.69) is 5.32 Å². The number of benzene rings is 1. The molecule has 0 bridgehead atoms. The van der Waals surface area contributed by atoms with Gasteiger partial charge < -0.3 is 19.9 Å². The van der Waals surface area contributed by atoms with Crippen LogP contribution in [0, 0.1) is 11.7 Å². The Morgan fingerprint density at radius 3 is 2.75 bits per heavy atom. The molecule has 1 saturated carbocycles. The van der Waals surface area contributed by atoms with Gasteiger partial charge in [-0.05, 0) is 42.5 Å². The van der Waals surface area contributed by atoms with E-state index in [0.717, 1.165) is 32.2 Å². The Bertz CT molecular complexity index is 533. The van der Waals surface area contributed by atoms with Gasteiger partial charge in [0.05, 0.1) is 25.4 Å². The molecule has 2 fully saturated rings. The van der Waals surface area contributed by atoms with Gasteiger partial charge in [0.15, 0.2) is 0 Å². The highest BCUT2D eigenvalue weighted by atomic mass is 35.5. The molecule has 1 aliphatic heterocycles. The minimum atomic E-state index is -0.995. The van der Waals surface area contributed by atoms with E-state index in [0.29, 0.717) is 30.9 Å². The molecule has 2 atom stereocenters. The molecule has 6 heteroatoms. The number of hydrogen-bond acceptors (Lipinski definition) is 4. The molecule has 1 aromatic carbocycles. The Balaban J connectivity index is 0.00000208. The molecule has 1 aliphatic carbocycles. The first-order valence-electron chi connectivity index (χ1n) is 8.50. The lowest BCUT2D eigenvalue weighted by molar-refractivity contribution is -0.147. The maximum absolute atomic E-state index is 13.7. The molecule has 0 spiro atoms. The predicted octanol–water partition coefficient (Wildman–Crippen LogP) is 2.71. The second-order valence-electron chi connectivity index (χ2n) is 6.67. The van der Waals surface area contributed by atoms with E-state index in [1.54, 1.807) is 13.2 Å². The molecule has 2 aliphatic rings. The molecule has 24 heavy (non-hydrogen) atoms. The van der Waals surface area contributed by atoms with Crippen LogP contribution in [0.4, 0.5) is 4.39 Å². The Hall–Kier alpha value is -0.880. The topological polar surface area (TPSA) is 50.7 Å². The normalized spacial score (nSPS) is 24.2. The summed E-state index contributed by atoms with van der Waals surface area (Å²) in [6, 6.07) is 4.48. The van der Waals surface area contributed by atoms with Gasteiger partial charge in [-0.3, -0.25) is 0 Å². The van der Waals surface area contributed by atoms with Gasteiger partial charge in [-0.2, -0.15) is 0 Å². The van der Waals surface area contributed by atoms with Crippen molar-refractivity contribution in [3.05, 3.63) is 29.6 Å². The fourth-order valence-electron chi connectivity index (χ4n) is 4.02. The first-order chi connectivity index (χ1) is 11.1. The highest BCUT2D eigenvalue weighted by Crippen LogP contribution is 2.40. The second kappa shape index (κ2) is 8.48. The third-order valence-electron chi connectivity index (χ3n) is 5.26. The molecule has 1 heterocycles. The van der Waals surface area contributed by atoms with E-state index < -0.39 is 5.60 Å². The lowest BCUT2D eigenvalue weighted by atomic mass is 9.76. The van der Waals surface area contributed by atoms with Crippen molar-refractivity contribution < 1.29 is 19.0 Å². The molecular weight excluding hydrogens is 333 g/mol. The van der Waals surface area contributed by atoms with Crippen molar-refractivity contribution in [1.29, 1.82) is 0 Å². The highest BCUT2D eigenvalue weighted by molar-refractivity contribution is 5.85. The number of aliphatic hydroxyl groups is 1. The molecule has 2 unspecified atom stereocenters. The first kappa shape index (κ1) is 19.4. The molecule has 0 amide bonds. The van der Waals surface area contributed by atoms with Crippen LogP contribution in [0.2, 0.25) is 0 Å². The summed E-state index contributed by atoms with van der Waals surface area (Å²) in [5.74, 6) is 0.490. The molecule has 4 nitrogen and oxygen atoms in total. The van der Waals surface area contributed by atoms with Gasteiger partial charge in [0.1, 0.15) is 11.6 Å². The van der Waals surface area contributed by atoms with E-state index in [-0.39, 0.29) is 30.2 Å². The molecular formula is C18H27ClFNO3. The molecule has 1 aromatic rings. The molecule has 136 valence electrons. The largest absolute Gasteiger partial charge is 0.496 e. The van der Waals surface area contributed by atoms with Crippen LogP contribution in [0.25, 0.3) is 0 Å². The van der Waals surface area contributed by atoms with Crippen molar-refractivity contribution in [3.8, 4) is 5.75 Å². The predicted molar refractivity (Wildman–Crippen MR) is 93.4 cm³/mol. The number of ether oxygens (including phenoxy) is 2. The lowest BCUT2D eigenvalue weighted by Crippen LogP contribution is -2.57. The smallest absolute Gasteiger partial charge is 0.123 e. The molecule has 1 saturated heterocycles. The van der Waals surface area contributed by atoms with E-state index in [1.807, 2.05) is 0 Å². The summed E-state index contributed by atoms with van der Waals surface area (Å²) in [6.45, 7) is 2.03. The zero-order valence-electron chi connectivity index (χ0n) is 14.1. The summed E-state index contributed by atoms with van der Waals surface area (Å²) in [6.07, 6.45) is 4.33. The molecule has 0 aromatic heterocycles. The summed E-state index contributed by atoms with van der Waals surface area (Å²) >= 11 is 0. The van der Waals surface area contributed by atoms with Crippen LogP contribution in [0.1, 0.15) is 31.2 Å². The van der Waals surface area contributed by atoms with Crippen LogP contribution in [0.15, 0.2) is 18.2 Å². The van der Waals surface area contributed by atoms with Gasteiger partial charge in [0, 0.05) is 19.5 Å². The zero-order valence-corrected chi connectivity index (χ0v) is 14.9. The van der Waals surface area contributed by atoms with Gasteiger partial charge in [0.2, 0.25) is 0 Å². The van der Waals surface area contributed by atoms with Crippen molar-refractivity contribution in [3.63, 3.8) is 0 Å². The van der Waals surface area contributed by atoms with Gasteiger partial charge in [-0.1, -0.05) is 12.8 Å². The van der Waals surface area contributed by atoms with Gasteiger partial charge >= 0.3 is 0 Å². The fourth-order valence-corrected chi connectivity index (χ4v) is 4.02. The molecule has 0 radical (unpaired) electrons. The quantitative estimate of drug-likeness (QED) is 0.848. The van der Waals surface area contributed by atoms with Crippen molar-refractivity contribution in [1.82, 2.24) is 5.32 Å². The van der Waals surface area contributed by atoms with E-state index in [9.17, 15) is 9.50 Å². The standard InChI is InChI=1S/C18H26FNO3.ClH/c1-22-16-7-6-15(19)10-13(16)11-18(21,14-4-2-3-5-14)17-12-20-8-9-23-17;/h6-7,10,14,17,20-21H,2-5,8-9,11-12H2,1H3;1H. The van der Waals surface area contributed by atoms with Crippen molar-refractivity contribution in [2.45, 2.75) is 43.8 Å². The van der Waals surface area contributed by atoms with Crippen LogP contribution in [-0.2, 0) is 11.2 Å². The Morgan fingerprint density at radius 2 is 2.12 bits per heavy atom. The van der Waals surface area contributed by atoms with E-state index in [4.69, 9.17) is 9.47 Å². The zero-order chi connectivity index (χ0) is 16.3. The van der Waals surface area contributed by atoms with Crippen LogP contribution in [0.3, 0.4) is 0 Å². The monoisotopic (exact) mass is 359 g/mol. The Labute approximate surface area is 149 Å². The number of rotatable bonds is 5. The van der Waals surface area contributed by atoms with Crippen LogP contribution in [0.5, 0.6) is 5.75 Å². The minimum absolute atomic E-state index is 0.